The molecule has 2 aromatic rings. The van der Waals surface area contributed by atoms with E-state index in [9.17, 15) is 18.0 Å². The zero-order valence-electron chi connectivity index (χ0n) is 14.9. The Morgan fingerprint density at radius 2 is 1.78 bits per heavy atom. The van der Waals surface area contributed by atoms with E-state index in [1.54, 1.807) is 18.2 Å². The van der Waals surface area contributed by atoms with E-state index in [4.69, 9.17) is 0 Å². The minimum Gasteiger partial charge on any atom is -0.377 e. The number of carbonyl (C=O) groups is 2. The van der Waals surface area contributed by atoms with Crippen LogP contribution in [0.15, 0.2) is 52.3 Å². The summed E-state index contributed by atoms with van der Waals surface area (Å²) in [4.78, 5) is 25.0. The lowest BCUT2D eigenvalue weighted by molar-refractivity contribution is -0.123. The predicted molar refractivity (Wildman–Crippen MR) is 107 cm³/mol. The van der Waals surface area contributed by atoms with Gasteiger partial charge in [-0.1, -0.05) is 24.3 Å². The second-order valence-corrected chi connectivity index (χ2v) is 8.97. The molecule has 0 saturated carbocycles. The highest BCUT2D eigenvalue weighted by Crippen LogP contribution is 2.30. The molecule has 1 aliphatic heterocycles. The van der Waals surface area contributed by atoms with Crippen molar-refractivity contribution in [2.75, 3.05) is 31.3 Å². The van der Waals surface area contributed by atoms with E-state index < -0.39 is 21.8 Å². The first-order chi connectivity index (χ1) is 12.8. The SMILES string of the molecule is CN(C)c1cccc2c(S(=O)(=O)NCCSC3=CC(=O)NC3=O)cccc12. The molecule has 0 saturated heterocycles. The van der Waals surface area contributed by atoms with E-state index in [2.05, 4.69) is 10.0 Å². The van der Waals surface area contributed by atoms with Gasteiger partial charge in [0.25, 0.3) is 11.8 Å². The van der Waals surface area contributed by atoms with Gasteiger partial charge in [-0.2, -0.15) is 0 Å². The molecule has 3 rings (SSSR count). The van der Waals surface area contributed by atoms with Gasteiger partial charge in [-0.05, 0) is 12.1 Å². The van der Waals surface area contributed by atoms with E-state index in [0.29, 0.717) is 16.0 Å². The molecule has 142 valence electrons. The van der Waals surface area contributed by atoms with Gasteiger partial charge in [0.05, 0.1) is 9.80 Å². The highest BCUT2D eigenvalue weighted by Gasteiger charge is 2.22. The molecule has 0 atom stereocenters. The van der Waals surface area contributed by atoms with Crippen molar-refractivity contribution in [3.63, 3.8) is 0 Å². The maximum atomic E-state index is 12.8. The number of hydrogen-bond acceptors (Lipinski definition) is 6. The summed E-state index contributed by atoms with van der Waals surface area (Å²) in [6, 6.07) is 10.7. The van der Waals surface area contributed by atoms with Crippen molar-refractivity contribution in [2.24, 2.45) is 0 Å². The van der Waals surface area contributed by atoms with E-state index in [1.165, 1.54) is 6.08 Å². The van der Waals surface area contributed by atoms with Gasteiger partial charge in [0.1, 0.15) is 0 Å². The third-order valence-corrected chi connectivity index (χ3v) is 6.55. The number of nitrogens with one attached hydrogen (secondary N) is 2. The predicted octanol–water partition coefficient (Wildman–Crippen LogP) is 1.46. The van der Waals surface area contributed by atoms with Crippen LogP contribution in [0, 0.1) is 0 Å². The van der Waals surface area contributed by atoms with Gasteiger partial charge < -0.3 is 4.90 Å². The van der Waals surface area contributed by atoms with E-state index >= 15 is 0 Å². The summed E-state index contributed by atoms with van der Waals surface area (Å²) in [6.45, 7) is 0.134. The molecule has 7 nitrogen and oxygen atoms in total. The summed E-state index contributed by atoms with van der Waals surface area (Å²) >= 11 is 1.14. The zero-order valence-corrected chi connectivity index (χ0v) is 16.5. The average Bonchev–Trinajstić information content (AvgIpc) is 2.94. The third kappa shape index (κ3) is 4.15. The number of thioether (sulfide) groups is 1. The molecular formula is C18H19N3O4S2. The Morgan fingerprint density at radius 1 is 1.07 bits per heavy atom. The lowest BCUT2D eigenvalue weighted by atomic mass is 10.1. The van der Waals surface area contributed by atoms with Gasteiger partial charge in [0.2, 0.25) is 10.0 Å². The highest BCUT2D eigenvalue weighted by molar-refractivity contribution is 8.04. The molecule has 2 amide bonds. The second kappa shape index (κ2) is 7.71. The second-order valence-electron chi connectivity index (χ2n) is 6.10. The van der Waals surface area contributed by atoms with Crippen LogP contribution in [-0.4, -0.2) is 46.6 Å². The van der Waals surface area contributed by atoms with E-state index in [1.807, 2.05) is 37.2 Å². The number of anilines is 1. The molecule has 1 heterocycles. The normalized spacial score (nSPS) is 14.4. The van der Waals surface area contributed by atoms with Crippen LogP contribution >= 0.6 is 11.8 Å². The summed E-state index contributed by atoms with van der Waals surface area (Å²) < 4.78 is 28.1. The van der Waals surface area contributed by atoms with Crippen molar-refractivity contribution in [1.82, 2.24) is 10.0 Å². The van der Waals surface area contributed by atoms with Crippen LogP contribution in [0.1, 0.15) is 0 Å². The fraction of sp³-hybridized carbons (Fsp3) is 0.222. The third-order valence-electron chi connectivity index (χ3n) is 4.00. The number of carbonyl (C=O) groups excluding carboxylic acids is 2. The fourth-order valence-electron chi connectivity index (χ4n) is 2.81. The largest absolute Gasteiger partial charge is 0.377 e. The molecule has 2 aromatic carbocycles. The number of imide groups is 1. The molecule has 2 N–H and O–H groups in total. The number of benzene rings is 2. The van der Waals surface area contributed by atoms with E-state index in [-0.39, 0.29) is 11.4 Å². The molecule has 0 aromatic heterocycles. The first kappa shape index (κ1) is 19.4. The molecule has 1 aliphatic rings. The maximum Gasteiger partial charge on any atom is 0.264 e. The highest BCUT2D eigenvalue weighted by atomic mass is 32.2. The molecule has 27 heavy (non-hydrogen) atoms. The first-order valence-electron chi connectivity index (χ1n) is 8.18. The van der Waals surface area contributed by atoms with Gasteiger partial charge in [-0.15, -0.1) is 11.8 Å². The average molecular weight is 406 g/mol. The van der Waals surface area contributed by atoms with Crippen molar-refractivity contribution in [1.29, 1.82) is 0 Å². The number of fused-ring (bicyclic) bond motifs is 1. The molecule has 0 spiro atoms. The summed E-state index contributed by atoms with van der Waals surface area (Å²) in [5.74, 6) is -0.562. The van der Waals surface area contributed by atoms with Crippen molar-refractivity contribution in [3.8, 4) is 0 Å². The molecule has 0 aliphatic carbocycles. The van der Waals surface area contributed by atoms with Gasteiger partial charge in [-0.25, -0.2) is 13.1 Å². The summed E-state index contributed by atoms with van der Waals surface area (Å²) in [5, 5.41) is 3.65. The van der Waals surface area contributed by atoms with Gasteiger partial charge in [-0.3, -0.25) is 14.9 Å². The first-order valence-corrected chi connectivity index (χ1v) is 10.6. The molecular weight excluding hydrogens is 386 g/mol. The van der Waals surface area contributed by atoms with Crippen LogP contribution in [0.5, 0.6) is 0 Å². The topological polar surface area (TPSA) is 95.6 Å². The number of hydrogen-bond donors (Lipinski definition) is 2. The Bertz CT molecular complexity index is 1050. The van der Waals surface area contributed by atoms with Crippen LogP contribution < -0.4 is 14.9 Å². The van der Waals surface area contributed by atoms with Crippen LogP contribution in [0.2, 0.25) is 0 Å². The number of nitrogens with zero attached hydrogens (tertiary/aromatic N) is 1. The van der Waals surface area contributed by atoms with Crippen molar-refractivity contribution >= 4 is 50.1 Å². The molecule has 0 fully saturated rings. The zero-order chi connectivity index (χ0) is 19.6. The Kier molecular flexibility index (Phi) is 5.54. The molecule has 9 heteroatoms. The standard InChI is InChI=1S/C18H19N3O4S2/c1-21(2)14-7-3-6-13-12(14)5-4-8-16(13)27(24,25)19-9-10-26-15-11-17(22)20-18(15)23/h3-8,11,19H,9-10H2,1-2H3,(H,20,22,23). The van der Waals surface area contributed by atoms with Crippen molar-refractivity contribution < 1.29 is 18.0 Å². The van der Waals surface area contributed by atoms with Crippen LogP contribution in [-0.2, 0) is 19.6 Å². The fourth-order valence-corrected chi connectivity index (χ4v) is 4.98. The van der Waals surface area contributed by atoms with Crippen LogP contribution in [0.4, 0.5) is 5.69 Å². The van der Waals surface area contributed by atoms with Crippen LogP contribution in [0.25, 0.3) is 10.8 Å². The minimum atomic E-state index is -3.72. The smallest absolute Gasteiger partial charge is 0.264 e. The van der Waals surface area contributed by atoms with Crippen molar-refractivity contribution in [2.45, 2.75) is 4.90 Å². The van der Waals surface area contributed by atoms with Gasteiger partial charge in [0.15, 0.2) is 0 Å². The Labute approximate surface area is 161 Å². The molecule has 0 unspecified atom stereocenters. The van der Waals surface area contributed by atoms with E-state index in [0.717, 1.165) is 22.8 Å². The van der Waals surface area contributed by atoms with Crippen molar-refractivity contribution in [3.05, 3.63) is 47.4 Å². The molecule has 0 radical (unpaired) electrons. The number of rotatable bonds is 7. The van der Waals surface area contributed by atoms with Gasteiger partial charge in [0, 0.05) is 48.9 Å². The Morgan fingerprint density at radius 3 is 2.44 bits per heavy atom. The van der Waals surface area contributed by atoms with Crippen LogP contribution in [0.3, 0.4) is 0 Å². The Hall–Kier alpha value is -2.36. The maximum absolute atomic E-state index is 12.8. The Balaban J connectivity index is 1.75. The monoisotopic (exact) mass is 405 g/mol. The van der Waals surface area contributed by atoms with Gasteiger partial charge >= 0.3 is 0 Å². The lowest BCUT2D eigenvalue weighted by Crippen LogP contribution is -2.26. The number of sulfonamides is 1. The molecule has 0 bridgehead atoms. The lowest BCUT2D eigenvalue weighted by Gasteiger charge is -2.17. The minimum absolute atomic E-state index is 0.134. The summed E-state index contributed by atoms with van der Waals surface area (Å²) in [5.41, 5.74) is 0.934. The quantitative estimate of drug-likeness (QED) is 0.535. The summed E-state index contributed by atoms with van der Waals surface area (Å²) in [7, 11) is 0.0953. The summed E-state index contributed by atoms with van der Waals surface area (Å²) in [6.07, 6.45) is 1.22. The number of amides is 2.